The summed E-state index contributed by atoms with van der Waals surface area (Å²) < 4.78 is 19.4. The van der Waals surface area contributed by atoms with Crippen LogP contribution in [0.1, 0.15) is 32.4 Å². The van der Waals surface area contributed by atoms with E-state index in [1.165, 1.54) is 12.1 Å². The van der Waals surface area contributed by atoms with Crippen LogP contribution in [0, 0.1) is 5.82 Å². The first-order valence-corrected chi connectivity index (χ1v) is 7.39. The molecule has 1 aromatic carbocycles. The number of urea groups is 1. The second kappa shape index (κ2) is 7.58. The minimum absolute atomic E-state index is 0.0438. The van der Waals surface area contributed by atoms with Crippen molar-refractivity contribution in [3.8, 4) is 5.75 Å². The highest BCUT2D eigenvalue weighted by atomic mass is 19.1. The van der Waals surface area contributed by atoms with E-state index in [2.05, 4.69) is 15.6 Å². The number of anilines is 1. The summed E-state index contributed by atoms with van der Waals surface area (Å²) in [5, 5.41) is 5.24. The number of benzene rings is 1. The highest BCUT2D eigenvalue weighted by Crippen LogP contribution is 2.21. The van der Waals surface area contributed by atoms with Gasteiger partial charge < -0.3 is 15.4 Å². The third kappa shape index (κ3) is 4.95. The van der Waals surface area contributed by atoms with Crippen LogP contribution in [0.5, 0.6) is 5.75 Å². The van der Waals surface area contributed by atoms with E-state index in [-0.39, 0.29) is 17.8 Å². The molecule has 0 aliphatic rings. The Bertz CT molecular complexity index is 662. The molecule has 1 atom stereocenters. The Kier molecular flexibility index (Phi) is 5.51. The van der Waals surface area contributed by atoms with Crippen LogP contribution < -0.4 is 15.4 Å². The summed E-state index contributed by atoms with van der Waals surface area (Å²) in [6.45, 7) is 5.56. The molecule has 2 N–H and O–H groups in total. The van der Waals surface area contributed by atoms with E-state index in [0.717, 1.165) is 5.56 Å². The summed E-state index contributed by atoms with van der Waals surface area (Å²) in [7, 11) is 0. The van der Waals surface area contributed by atoms with Crippen LogP contribution in [0.4, 0.5) is 14.9 Å². The molecule has 1 aromatic heterocycles. The van der Waals surface area contributed by atoms with Gasteiger partial charge in [0, 0.05) is 18.5 Å². The van der Waals surface area contributed by atoms with Gasteiger partial charge in [0.05, 0.1) is 17.8 Å². The van der Waals surface area contributed by atoms with Crippen LogP contribution in [0.3, 0.4) is 0 Å². The van der Waals surface area contributed by atoms with Crippen LogP contribution in [-0.4, -0.2) is 17.1 Å². The Hall–Kier alpha value is -2.63. The number of hydrogen-bond acceptors (Lipinski definition) is 3. The molecule has 0 radical (unpaired) electrons. The van der Waals surface area contributed by atoms with Gasteiger partial charge in [-0.2, -0.15) is 0 Å². The highest BCUT2D eigenvalue weighted by molar-refractivity contribution is 5.89. The molecule has 0 bridgehead atoms. The zero-order valence-corrected chi connectivity index (χ0v) is 13.3. The number of carbonyl (C=O) groups excluding carboxylic acids is 1. The second-order valence-corrected chi connectivity index (χ2v) is 5.41. The summed E-state index contributed by atoms with van der Waals surface area (Å²) in [5.41, 5.74) is 1.01. The largest absolute Gasteiger partial charge is 0.491 e. The normalized spacial score (nSPS) is 11.9. The van der Waals surface area contributed by atoms with Crippen molar-refractivity contribution in [3.05, 3.63) is 54.1 Å². The van der Waals surface area contributed by atoms with Crippen molar-refractivity contribution in [2.45, 2.75) is 32.9 Å². The lowest BCUT2D eigenvalue weighted by Crippen LogP contribution is -2.31. The molecule has 0 aliphatic carbocycles. The van der Waals surface area contributed by atoms with Gasteiger partial charge in [-0.15, -0.1) is 0 Å². The van der Waals surface area contributed by atoms with Gasteiger partial charge in [0.15, 0.2) is 0 Å². The lowest BCUT2D eigenvalue weighted by atomic mass is 10.1. The van der Waals surface area contributed by atoms with Crippen molar-refractivity contribution in [3.63, 3.8) is 0 Å². The third-order valence-corrected chi connectivity index (χ3v) is 3.11. The summed E-state index contributed by atoms with van der Waals surface area (Å²) in [5.74, 6) is -0.122. The zero-order chi connectivity index (χ0) is 16.8. The minimum Gasteiger partial charge on any atom is -0.491 e. The van der Waals surface area contributed by atoms with Gasteiger partial charge in [-0.3, -0.25) is 4.98 Å². The smallest absolute Gasteiger partial charge is 0.319 e. The average Bonchev–Trinajstić information content (AvgIpc) is 2.50. The number of halogens is 1. The van der Waals surface area contributed by atoms with E-state index in [1.807, 2.05) is 32.9 Å². The van der Waals surface area contributed by atoms with E-state index in [0.29, 0.717) is 5.75 Å². The molecule has 2 amide bonds. The van der Waals surface area contributed by atoms with Gasteiger partial charge in [0.2, 0.25) is 0 Å². The molecule has 0 spiro atoms. The molecule has 122 valence electrons. The monoisotopic (exact) mass is 317 g/mol. The van der Waals surface area contributed by atoms with Crippen molar-refractivity contribution >= 4 is 11.7 Å². The topological polar surface area (TPSA) is 63.2 Å². The van der Waals surface area contributed by atoms with E-state index in [9.17, 15) is 9.18 Å². The number of aromatic nitrogens is 1. The molecular weight excluding hydrogens is 297 g/mol. The molecule has 0 unspecified atom stereocenters. The maximum atomic E-state index is 14.0. The molecule has 23 heavy (non-hydrogen) atoms. The first-order chi connectivity index (χ1) is 11.0. The number of hydrogen-bond donors (Lipinski definition) is 2. The fourth-order valence-electron chi connectivity index (χ4n) is 2.03. The van der Waals surface area contributed by atoms with Gasteiger partial charge in [0.25, 0.3) is 0 Å². The minimum atomic E-state index is -0.546. The quantitative estimate of drug-likeness (QED) is 0.879. The molecule has 1 heterocycles. The molecule has 6 heteroatoms. The average molecular weight is 317 g/mol. The number of nitrogens with one attached hydrogen (secondary N) is 2. The summed E-state index contributed by atoms with van der Waals surface area (Å²) >= 11 is 0. The van der Waals surface area contributed by atoms with Crippen LogP contribution >= 0.6 is 0 Å². The van der Waals surface area contributed by atoms with E-state index < -0.39 is 11.8 Å². The lowest BCUT2D eigenvalue weighted by Gasteiger charge is -2.16. The van der Waals surface area contributed by atoms with Crippen molar-refractivity contribution < 1.29 is 13.9 Å². The summed E-state index contributed by atoms with van der Waals surface area (Å²) in [6, 6.07) is 7.26. The second-order valence-electron chi connectivity index (χ2n) is 5.41. The van der Waals surface area contributed by atoms with E-state index in [4.69, 9.17) is 4.74 Å². The van der Waals surface area contributed by atoms with Crippen molar-refractivity contribution in [2.75, 3.05) is 5.32 Å². The number of rotatable bonds is 5. The molecule has 0 saturated heterocycles. The standard InChI is InChI=1S/C17H20FN3O2/c1-11(2)23-14-4-5-16(15(18)10-14)21-17(22)20-12(3)13-6-8-19-9-7-13/h4-12H,1-3H3,(H2,20,21,22)/t12-/m0/s1. The maximum absolute atomic E-state index is 14.0. The van der Waals surface area contributed by atoms with Crippen molar-refractivity contribution in [2.24, 2.45) is 0 Å². The van der Waals surface area contributed by atoms with Crippen LogP contribution in [-0.2, 0) is 0 Å². The molecule has 0 saturated carbocycles. The van der Waals surface area contributed by atoms with E-state index >= 15 is 0 Å². The Balaban J connectivity index is 1.97. The third-order valence-electron chi connectivity index (χ3n) is 3.11. The van der Waals surface area contributed by atoms with Gasteiger partial charge in [0.1, 0.15) is 11.6 Å². The fourth-order valence-corrected chi connectivity index (χ4v) is 2.03. The molecule has 0 fully saturated rings. The predicted octanol–water partition coefficient (Wildman–Crippen LogP) is 3.89. The number of pyridine rings is 1. The van der Waals surface area contributed by atoms with Gasteiger partial charge >= 0.3 is 6.03 Å². The van der Waals surface area contributed by atoms with Gasteiger partial charge in [-0.1, -0.05) is 0 Å². The Morgan fingerprint density at radius 2 is 1.87 bits per heavy atom. The molecular formula is C17H20FN3O2. The molecule has 2 aromatic rings. The first kappa shape index (κ1) is 16.7. The first-order valence-electron chi connectivity index (χ1n) is 7.39. The Labute approximate surface area is 134 Å². The Morgan fingerprint density at radius 1 is 1.17 bits per heavy atom. The van der Waals surface area contributed by atoms with Gasteiger partial charge in [-0.25, -0.2) is 9.18 Å². The highest BCUT2D eigenvalue weighted by Gasteiger charge is 2.12. The molecule has 5 nitrogen and oxygen atoms in total. The number of carbonyl (C=O) groups is 1. The SMILES string of the molecule is CC(C)Oc1ccc(NC(=O)N[C@@H](C)c2ccncc2)c(F)c1. The maximum Gasteiger partial charge on any atom is 0.319 e. The van der Waals surface area contributed by atoms with Crippen molar-refractivity contribution in [1.29, 1.82) is 0 Å². The lowest BCUT2D eigenvalue weighted by molar-refractivity contribution is 0.241. The predicted molar refractivity (Wildman–Crippen MR) is 87.0 cm³/mol. The van der Waals surface area contributed by atoms with Crippen molar-refractivity contribution in [1.82, 2.24) is 10.3 Å². The fraction of sp³-hybridized carbons (Fsp3) is 0.294. The Morgan fingerprint density at radius 3 is 2.48 bits per heavy atom. The zero-order valence-electron chi connectivity index (χ0n) is 13.3. The van der Waals surface area contributed by atoms with Crippen LogP contribution in [0.2, 0.25) is 0 Å². The number of amides is 2. The number of ether oxygens (including phenoxy) is 1. The van der Waals surface area contributed by atoms with Crippen LogP contribution in [0.25, 0.3) is 0 Å². The van der Waals surface area contributed by atoms with Crippen LogP contribution in [0.15, 0.2) is 42.7 Å². The summed E-state index contributed by atoms with van der Waals surface area (Å²) in [6.07, 6.45) is 3.26. The number of nitrogens with zero attached hydrogens (tertiary/aromatic N) is 1. The van der Waals surface area contributed by atoms with E-state index in [1.54, 1.807) is 18.5 Å². The summed E-state index contributed by atoms with van der Waals surface area (Å²) in [4.78, 5) is 15.9. The molecule has 2 rings (SSSR count). The molecule has 0 aliphatic heterocycles. The van der Waals surface area contributed by atoms with Gasteiger partial charge in [-0.05, 0) is 50.6 Å².